The fourth-order valence-corrected chi connectivity index (χ4v) is 7.31. The zero-order valence-electron chi connectivity index (χ0n) is 21.5. The normalized spacial score (nSPS) is 16.7. The first-order chi connectivity index (χ1) is 17.4. The van der Waals surface area contributed by atoms with Crippen LogP contribution in [0.3, 0.4) is 0 Å². The zero-order valence-corrected chi connectivity index (χ0v) is 23.1. The van der Waals surface area contributed by atoms with Gasteiger partial charge in [0.05, 0.1) is 9.79 Å². The van der Waals surface area contributed by atoms with Crippen molar-refractivity contribution >= 4 is 20.0 Å². The van der Waals surface area contributed by atoms with Gasteiger partial charge in [-0.2, -0.15) is 8.61 Å². The fourth-order valence-electron chi connectivity index (χ4n) is 4.39. The van der Waals surface area contributed by atoms with Crippen LogP contribution in [-0.2, 0) is 32.9 Å². The molecule has 0 amide bonds. The van der Waals surface area contributed by atoms with Crippen LogP contribution in [0.4, 0.5) is 0 Å². The first-order valence-electron chi connectivity index (χ1n) is 12.2. The molecule has 2 aromatic carbocycles. The van der Waals surface area contributed by atoms with Crippen LogP contribution in [-0.4, -0.2) is 56.6 Å². The highest BCUT2D eigenvalue weighted by Crippen LogP contribution is 2.22. The summed E-state index contributed by atoms with van der Waals surface area (Å²) in [5.74, 6) is 0. The van der Waals surface area contributed by atoms with Crippen molar-refractivity contribution in [2.45, 2.75) is 43.4 Å². The number of hydrogen-bond acceptors (Lipinski definition) is 5. The van der Waals surface area contributed by atoms with Gasteiger partial charge >= 0.3 is 0 Å². The van der Waals surface area contributed by atoms with Gasteiger partial charge in [0.15, 0.2) is 0 Å². The number of sulfonamides is 2. The van der Waals surface area contributed by atoms with Gasteiger partial charge in [-0.05, 0) is 68.3 Å². The monoisotopic (exact) mass is 539 g/mol. The molecule has 1 aliphatic heterocycles. The van der Waals surface area contributed by atoms with Crippen molar-refractivity contribution in [2.24, 2.45) is 0 Å². The largest absolute Gasteiger partial charge is 0.258 e. The Morgan fingerprint density at radius 3 is 1.41 bits per heavy atom. The van der Waals surface area contributed by atoms with E-state index in [-0.39, 0.29) is 36.0 Å². The standard InChI is InChI=1S/C28H33N3O4S2/c1-21-5-9-27(10-6-21)36(32,33)30-15-13-25-17-23(3)18-26(29-25)14-16-31(20-24(4)19-30)37(34,35)28-11-7-22(2)8-12-28/h5-12,17-18H,4,13-16,19-20H2,1-3H3. The lowest BCUT2D eigenvalue weighted by Gasteiger charge is -2.28. The summed E-state index contributed by atoms with van der Waals surface area (Å²) in [6, 6.07) is 17.3. The molecular weight excluding hydrogens is 506 g/mol. The number of hydrogen-bond donors (Lipinski definition) is 0. The van der Waals surface area contributed by atoms with Crippen molar-refractivity contribution in [3.05, 3.63) is 101 Å². The highest BCUT2D eigenvalue weighted by Gasteiger charge is 2.29. The molecule has 1 aromatic heterocycles. The maximum atomic E-state index is 13.6. The van der Waals surface area contributed by atoms with Crippen LogP contribution in [0.5, 0.6) is 0 Å². The van der Waals surface area contributed by atoms with Gasteiger partial charge in [-0.1, -0.05) is 42.0 Å². The Hall–Kier alpha value is -2.85. The first kappa shape index (κ1) is 27.2. The molecule has 0 aliphatic carbocycles. The molecule has 0 spiro atoms. The summed E-state index contributed by atoms with van der Waals surface area (Å²) in [6.07, 6.45) is 0.886. The number of rotatable bonds is 4. The van der Waals surface area contributed by atoms with Crippen LogP contribution in [0.15, 0.2) is 82.6 Å². The average Bonchev–Trinajstić information content (AvgIpc) is 2.83. The maximum absolute atomic E-state index is 13.6. The van der Waals surface area contributed by atoms with E-state index in [0.717, 1.165) is 28.1 Å². The molecule has 1 aliphatic rings. The molecule has 0 atom stereocenters. The van der Waals surface area contributed by atoms with Crippen LogP contribution < -0.4 is 0 Å². The molecule has 3 aromatic rings. The molecule has 2 heterocycles. The van der Waals surface area contributed by atoms with Gasteiger partial charge in [0, 0.05) is 50.4 Å². The van der Waals surface area contributed by atoms with Crippen molar-refractivity contribution in [3.63, 3.8) is 0 Å². The first-order valence-corrected chi connectivity index (χ1v) is 15.1. The third-order valence-electron chi connectivity index (χ3n) is 6.43. The Morgan fingerprint density at radius 1 is 0.649 bits per heavy atom. The SMILES string of the molecule is C=C1CN(S(=O)(=O)c2ccc(C)cc2)CCc2cc(C)cc(n2)CCN(S(=O)(=O)c2ccc(C)cc2)C1. The minimum absolute atomic E-state index is 0.00873. The van der Waals surface area contributed by atoms with Crippen molar-refractivity contribution in [3.8, 4) is 0 Å². The summed E-state index contributed by atoms with van der Waals surface area (Å²) in [4.78, 5) is 5.11. The molecule has 0 radical (unpaired) electrons. The predicted molar refractivity (Wildman–Crippen MR) is 145 cm³/mol. The predicted octanol–water partition coefficient (Wildman–Crippen LogP) is 4.04. The van der Waals surface area contributed by atoms with E-state index < -0.39 is 20.0 Å². The molecule has 9 heteroatoms. The van der Waals surface area contributed by atoms with Crippen LogP contribution in [0.25, 0.3) is 0 Å². The molecule has 4 rings (SSSR count). The second-order valence-corrected chi connectivity index (χ2v) is 13.6. The van der Waals surface area contributed by atoms with Crippen LogP contribution in [0, 0.1) is 20.8 Å². The number of nitrogens with zero attached hydrogens (tertiary/aromatic N) is 3. The molecule has 196 valence electrons. The van der Waals surface area contributed by atoms with Crippen LogP contribution in [0.2, 0.25) is 0 Å². The molecule has 37 heavy (non-hydrogen) atoms. The fraction of sp³-hybridized carbons (Fsp3) is 0.321. The molecular formula is C28H33N3O4S2. The van der Waals surface area contributed by atoms with E-state index in [1.54, 1.807) is 48.5 Å². The Kier molecular flexibility index (Phi) is 7.99. The second kappa shape index (κ2) is 10.9. The van der Waals surface area contributed by atoms with E-state index in [1.807, 2.05) is 32.9 Å². The van der Waals surface area contributed by atoms with Crippen LogP contribution >= 0.6 is 0 Å². The summed E-state index contributed by atoms with van der Waals surface area (Å²) < 4.78 is 57.2. The number of aryl methyl sites for hydroxylation is 3. The van der Waals surface area contributed by atoms with Gasteiger partial charge in [-0.25, -0.2) is 16.8 Å². The smallest absolute Gasteiger partial charge is 0.243 e. The number of pyridine rings is 1. The minimum atomic E-state index is -3.84. The zero-order chi connectivity index (χ0) is 26.8. The lowest BCUT2D eigenvalue weighted by atomic mass is 10.1. The number of aromatic nitrogens is 1. The lowest BCUT2D eigenvalue weighted by Crippen LogP contribution is -2.40. The maximum Gasteiger partial charge on any atom is 0.243 e. The highest BCUT2D eigenvalue weighted by atomic mass is 32.2. The van der Waals surface area contributed by atoms with E-state index in [2.05, 4.69) is 6.58 Å². The van der Waals surface area contributed by atoms with E-state index in [4.69, 9.17) is 4.98 Å². The Bertz CT molecular complexity index is 1390. The quantitative estimate of drug-likeness (QED) is 0.467. The summed E-state index contributed by atoms with van der Waals surface area (Å²) in [5.41, 5.74) is 4.98. The number of fused-ring (bicyclic) bond motifs is 2. The Balaban J connectivity index is 1.73. The van der Waals surface area contributed by atoms with Gasteiger partial charge in [-0.3, -0.25) is 4.98 Å². The van der Waals surface area contributed by atoms with E-state index >= 15 is 0 Å². The van der Waals surface area contributed by atoms with Crippen molar-refractivity contribution in [1.29, 1.82) is 0 Å². The average molecular weight is 540 g/mol. The molecule has 0 unspecified atom stereocenters. The Morgan fingerprint density at radius 2 is 1.03 bits per heavy atom. The van der Waals surface area contributed by atoms with Crippen LogP contribution in [0.1, 0.15) is 28.1 Å². The summed E-state index contributed by atoms with van der Waals surface area (Å²) in [6.45, 7) is 10.3. The summed E-state index contributed by atoms with van der Waals surface area (Å²) in [7, 11) is -7.67. The minimum Gasteiger partial charge on any atom is -0.258 e. The van der Waals surface area contributed by atoms with Crippen molar-refractivity contribution in [1.82, 2.24) is 13.6 Å². The molecule has 0 saturated heterocycles. The van der Waals surface area contributed by atoms with Crippen molar-refractivity contribution in [2.75, 3.05) is 26.2 Å². The lowest BCUT2D eigenvalue weighted by molar-refractivity contribution is 0.401. The molecule has 0 saturated carbocycles. The third-order valence-corrected chi connectivity index (χ3v) is 10.1. The topological polar surface area (TPSA) is 87.7 Å². The van der Waals surface area contributed by atoms with Gasteiger partial charge < -0.3 is 0 Å². The second-order valence-electron chi connectivity index (χ2n) is 9.68. The van der Waals surface area contributed by atoms with Crippen molar-refractivity contribution < 1.29 is 16.8 Å². The molecule has 7 nitrogen and oxygen atoms in total. The van der Waals surface area contributed by atoms with Gasteiger partial charge in [0.1, 0.15) is 0 Å². The van der Waals surface area contributed by atoms with Gasteiger partial charge in [0.25, 0.3) is 0 Å². The van der Waals surface area contributed by atoms with E-state index in [0.29, 0.717) is 18.4 Å². The Labute approximate surface area is 220 Å². The van der Waals surface area contributed by atoms with Gasteiger partial charge in [0.2, 0.25) is 20.0 Å². The summed E-state index contributed by atoms with van der Waals surface area (Å²) >= 11 is 0. The van der Waals surface area contributed by atoms with Gasteiger partial charge in [-0.15, -0.1) is 0 Å². The summed E-state index contributed by atoms with van der Waals surface area (Å²) in [5, 5.41) is 0. The van der Waals surface area contributed by atoms with E-state index in [9.17, 15) is 16.8 Å². The van der Waals surface area contributed by atoms with E-state index in [1.165, 1.54) is 8.61 Å². The third kappa shape index (κ3) is 6.35. The molecule has 0 fully saturated rings. The molecule has 2 bridgehead atoms. The molecule has 0 N–H and O–H groups in total. The number of benzene rings is 2. The highest BCUT2D eigenvalue weighted by molar-refractivity contribution is 7.89.